The van der Waals surface area contributed by atoms with E-state index in [1.807, 2.05) is 6.92 Å². The average Bonchev–Trinajstić information content (AvgIpc) is 2.25. The molecule has 0 aromatic heterocycles. The van der Waals surface area contributed by atoms with E-state index < -0.39 is 0 Å². The Kier molecular flexibility index (Phi) is 10.3. The molecule has 0 rings (SSSR count). The summed E-state index contributed by atoms with van der Waals surface area (Å²) in [7, 11) is 2.15. The van der Waals surface area contributed by atoms with Gasteiger partial charge >= 0.3 is 0 Å². The Labute approximate surface area is 95.2 Å². The van der Waals surface area contributed by atoms with Gasteiger partial charge in [0.15, 0.2) is 0 Å². The maximum absolute atomic E-state index is 5.31. The number of hydrogen-bond donors (Lipinski definition) is 1. The summed E-state index contributed by atoms with van der Waals surface area (Å²) in [6.45, 7) is 11.4. The number of nitrogens with zero attached hydrogens (tertiary/aromatic N) is 1. The zero-order valence-electron chi connectivity index (χ0n) is 10.9. The molecule has 0 aromatic carbocycles. The summed E-state index contributed by atoms with van der Waals surface area (Å²) in [6.07, 6.45) is 2.44. The summed E-state index contributed by atoms with van der Waals surface area (Å²) in [4.78, 5) is 2.31. The molecular formula is C12H28N2O. The van der Waals surface area contributed by atoms with Crippen LogP contribution in [0, 0.1) is 0 Å². The van der Waals surface area contributed by atoms with Crippen molar-refractivity contribution in [3.8, 4) is 0 Å². The highest BCUT2D eigenvalue weighted by Gasteiger charge is 2.02. The first-order valence-electron chi connectivity index (χ1n) is 6.24. The Morgan fingerprint density at radius 2 is 1.80 bits per heavy atom. The molecule has 1 N–H and O–H groups in total. The van der Waals surface area contributed by atoms with Crippen molar-refractivity contribution in [2.24, 2.45) is 0 Å². The van der Waals surface area contributed by atoms with Crippen molar-refractivity contribution in [2.75, 3.05) is 39.9 Å². The molecule has 0 bridgehead atoms. The second-order valence-corrected chi connectivity index (χ2v) is 3.97. The minimum atomic E-state index is 0.685. The van der Waals surface area contributed by atoms with Gasteiger partial charge in [-0.2, -0.15) is 0 Å². The molecule has 3 heteroatoms. The summed E-state index contributed by atoms with van der Waals surface area (Å²) in [5.74, 6) is 0. The van der Waals surface area contributed by atoms with Gasteiger partial charge in [0, 0.05) is 32.3 Å². The third-order valence-electron chi connectivity index (χ3n) is 2.73. The molecule has 0 fully saturated rings. The summed E-state index contributed by atoms with van der Waals surface area (Å²) < 4.78 is 5.31. The third kappa shape index (κ3) is 8.85. The fourth-order valence-electron chi connectivity index (χ4n) is 1.51. The molecule has 0 aliphatic heterocycles. The molecule has 0 aliphatic rings. The van der Waals surface area contributed by atoms with Crippen molar-refractivity contribution in [3.63, 3.8) is 0 Å². The van der Waals surface area contributed by atoms with Gasteiger partial charge in [0.05, 0.1) is 6.61 Å². The highest BCUT2D eigenvalue weighted by Crippen LogP contribution is 1.95. The number of ether oxygens (including phenoxy) is 1. The van der Waals surface area contributed by atoms with Crippen LogP contribution >= 0.6 is 0 Å². The van der Waals surface area contributed by atoms with Gasteiger partial charge in [-0.3, -0.25) is 0 Å². The second-order valence-electron chi connectivity index (χ2n) is 3.97. The van der Waals surface area contributed by atoms with E-state index in [1.54, 1.807) is 0 Å². The maximum atomic E-state index is 5.31. The lowest BCUT2D eigenvalue weighted by molar-refractivity contribution is 0.122. The highest BCUT2D eigenvalue weighted by molar-refractivity contribution is 4.63. The first kappa shape index (κ1) is 14.9. The second kappa shape index (κ2) is 10.4. The molecule has 0 aliphatic carbocycles. The van der Waals surface area contributed by atoms with Crippen LogP contribution < -0.4 is 5.32 Å². The van der Waals surface area contributed by atoms with Crippen LogP contribution in [0.1, 0.15) is 33.6 Å². The fourth-order valence-corrected chi connectivity index (χ4v) is 1.51. The predicted octanol–water partition coefficient (Wildman–Crippen LogP) is 1.73. The van der Waals surface area contributed by atoms with Crippen molar-refractivity contribution < 1.29 is 4.74 Å². The Morgan fingerprint density at radius 3 is 2.33 bits per heavy atom. The van der Waals surface area contributed by atoms with Crippen molar-refractivity contribution in [2.45, 2.75) is 39.7 Å². The molecule has 0 radical (unpaired) electrons. The van der Waals surface area contributed by atoms with Crippen LogP contribution in [0.25, 0.3) is 0 Å². The molecular weight excluding hydrogens is 188 g/mol. The summed E-state index contributed by atoms with van der Waals surface area (Å²) in [6, 6.07) is 0.685. The molecule has 0 atom stereocenters. The van der Waals surface area contributed by atoms with Crippen LogP contribution in [0.4, 0.5) is 0 Å². The van der Waals surface area contributed by atoms with Gasteiger partial charge in [-0.15, -0.1) is 0 Å². The average molecular weight is 216 g/mol. The van der Waals surface area contributed by atoms with Gasteiger partial charge in [-0.25, -0.2) is 0 Å². The standard InChI is InChI=1S/C12H28N2O/c1-5-12(6-2)13-8-9-14(4)10-11-15-7-3/h12-13H,5-11H2,1-4H3. The Bertz CT molecular complexity index is 127. The van der Waals surface area contributed by atoms with Crippen molar-refractivity contribution in [3.05, 3.63) is 0 Å². The van der Waals surface area contributed by atoms with E-state index in [0.29, 0.717) is 6.04 Å². The van der Waals surface area contributed by atoms with Gasteiger partial charge in [0.25, 0.3) is 0 Å². The lowest BCUT2D eigenvalue weighted by atomic mass is 10.2. The largest absolute Gasteiger partial charge is 0.380 e. The lowest BCUT2D eigenvalue weighted by Crippen LogP contribution is -2.36. The van der Waals surface area contributed by atoms with Gasteiger partial charge in [0.1, 0.15) is 0 Å². The van der Waals surface area contributed by atoms with Crippen LogP contribution in [0.5, 0.6) is 0 Å². The quantitative estimate of drug-likeness (QED) is 0.563. The zero-order chi connectivity index (χ0) is 11.5. The van der Waals surface area contributed by atoms with Gasteiger partial charge < -0.3 is 15.0 Å². The molecule has 0 unspecified atom stereocenters. The molecule has 3 nitrogen and oxygen atoms in total. The van der Waals surface area contributed by atoms with E-state index in [2.05, 4.69) is 31.1 Å². The number of likely N-dealkylation sites (N-methyl/N-ethyl adjacent to an activating group) is 1. The van der Waals surface area contributed by atoms with E-state index in [0.717, 1.165) is 32.8 Å². The van der Waals surface area contributed by atoms with Crippen molar-refractivity contribution in [1.82, 2.24) is 10.2 Å². The van der Waals surface area contributed by atoms with Crippen LogP contribution in [-0.2, 0) is 4.74 Å². The molecule has 0 heterocycles. The van der Waals surface area contributed by atoms with Crippen LogP contribution in [-0.4, -0.2) is 50.8 Å². The van der Waals surface area contributed by atoms with E-state index in [4.69, 9.17) is 4.74 Å². The molecule has 92 valence electrons. The lowest BCUT2D eigenvalue weighted by Gasteiger charge is -2.19. The third-order valence-corrected chi connectivity index (χ3v) is 2.73. The predicted molar refractivity (Wildman–Crippen MR) is 66.4 cm³/mol. The molecule has 0 aromatic rings. The Hall–Kier alpha value is -0.120. The fraction of sp³-hybridized carbons (Fsp3) is 1.00. The Balaban J connectivity index is 3.33. The first-order valence-corrected chi connectivity index (χ1v) is 6.24. The van der Waals surface area contributed by atoms with E-state index in [-0.39, 0.29) is 0 Å². The van der Waals surface area contributed by atoms with E-state index >= 15 is 0 Å². The molecule has 15 heavy (non-hydrogen) atoms. The Morgan fingerprint density at radius 1 is 1.13 bits per heavy atom. The maximum Gasteiger partial charge on any atom is 0.0593 e. The molecule has 0 spiro atoms. The summed E-state index contributed by atoms with van der Waals surface area (Å²) in [5, 5.41) is 3.56. The summed E-state index contributed by atoms with van der Waals surface area (Å²) >= 11 is 0. The van der Waals surface area contributed by atoms with Crippen LogP contribution in [0.2, 0.25) is 0 Å². The van der Waals surface area contributed by atoms with Crippen LogP contribution in [0.3, 0.4) is 0 Å². The number of hydrogen-bond acceptors (Lipinski definition) is 3. The van der Waals surface area contributed by atoms with Crippen molar-refractivity contribution in [1.29, 1.82) is 0 Å². The van der Waals surface area contributed by atoms with Gasteiger partial charge in [-0.1, -0.05) is 13.8 Å². The molecule has 0 saturated heterocycles. The number of rotatable bonds is 10. The topological polar surface area (TPSA) is 24.5 Å². The van der Waals surface area contributed by atoms with Crippen LogP contribution in [0.15, 0.2) is 0 Å². The van der Waals surface area contributed by atoms with Gasteiger partial charge in [-0.05, 0) is 26.8 Å². The smallest absolute Gasteiger partial charge is 0.0593 e. The van der Waals surface area contributed by atoms with E-state index in [9.17, 15) is 0 Å². The minimum absolute atomic E-state index is 0.685. The minimum Gasteiger partial charge on any atom is -0.380 e. The normalized spacial score (nSPS) is 11.6. The number of nitrogens with one attached hydrogen (secondary N) is 1. The monoisotopic (exact) mass is 216 g/mol. The molecule has 0 saturated carbocycles. The first-order chi connectivity index (χ1) is 7.24. The summed E-state index contributed by atoms with van der Waals surface area (Å²) in [5.41, 5.74) is 0. The van der Waals surface area contributed by atoms with Crippen molar-refractivity contribution >= 4 is 0 Å². The van der Waals surface area contributed by atoms with E-state index in [1.165, 1.54) is 12.8 Å². The van der Waals surface area contributed by atoms with Gasteiger partial charge in [0.2, 0.25) is 0 Å². The molecule has 0 amide bonds. The SMILES string of the molecule is CCOCCN(C)CCNC(CC)CC. The zero-order valence-corrected chi connectivity index (χ0v) is 10.9. The highest BCUT2D eigenvalue weighted by atomic mass is 16.5.